The summed E-state index contributed by atoms with van der Waals surface area (Å²) in [6.07, 6.45) is 1.75. The summed E-state index contributed by atoms with van der Waals surface area (Å²) in [5.41, 5.74) is 3.58. The van der Waals surface area contributed by atoms with Crippen LogP contribution in [0.1, 0.15) is 18.9 Å². The molecule has 64 valence electrons. The molecule has 1 rings (SSSR count). The standard InChI is InChI=1S/C7H9N3S2/c1-5(9-10-6(2)11)7-8-3-4-12-7/h3-4H,1-2H3,(H,10,11)/b9-5+. The molecule has 0 aromatic carbocycles. The molecular weight excluding hydrogens is 190 g/mol. The third kappa shape index (κ3) is 2.67. The van der Waals surface area contributed by atoms with Crippen molar-refractivity contribution >= 4 is 34.3 Å². The summed E-state index contributed by atoms with van der Waals surface area (Å²) in [6, 6.07) is 0. The Bertz CT molecular complexity index is 290. The molecule has 0 bridgehead atoms. The maximum absolute atomic E-state index is 4.81. The van der Waals surface area contributed by atoms with Crippen LogP contribution in [0, 0.1) is 0 Å². The Morgan fingerprint density at radius 1 is 1.67 bits per heavy atom. The quantitative estimate of drug-likeness (QED) is 0.448. The molecule has 0 saturated carbocycles. The summed E-state index contributed by atoms with van der Waals surface area (Å²) in [5, 5.41) is 6.87. The van der Waals surface area contributed by atoms with Crippen LogP contribution in [0.4, 0.5) is 0 Å². The fraction of sp³-hybridized carbons (Fsp3) is 0.286. The van der Waals surface area contributed by atoms with Crippen molar-refractivity contribution in [3.8, 4) is 0 Å². The van der Waals surface area contributed by atoms with Gasteiger partial charge in [-0.2, -0.15) is 5.10 Å². The van der Waals surface area contributed by atoms with Crippen LogP contribution in [0.5, 0.6) is 0 Å². The Morgan fingerprint density at radius 3 is 2.92 bits per heavy atom. The summed E-state index contributed by atoms with van der Waals surface area (Å²) in [4.78, 5) is 4.76. The third-order valence-corrected chi connectivity index (χ3v) is 2.10. The van der Waals surface area contributed by atoms with Crippen molar-refractivity contribution < 1.29 is 0 Å². The lowest BCUT2D eigenvalue weighted by molar-refractivity contribution is 1.03. The Labute approximate surface area is 80.5 Å². The molecule has 0 unspecified atom stereocenters. The van der Waals surface area contributed by atoms with Crippen molar-refractivity contribution in [2.24, 2.45) is 5.10 Å². The molecule has 0 aliphatic carbocycles. The molecule has 0 atom stereocenters. The first-order valence-corrected chi connectivity index (χ1v) is 4.69. The lowest BCUT2D eigenvalue weighted by Gasteiger charge is -1.96. The normalized spacial score (nSPS) is 11.3. The van der Waals surface area contributed by atoms with E-state index in [0.717, 1.165) is 10.7 Å². The Kier molecular flexibility index (Phi) is 3.31. The molecule has 0 aliphatic rings. The van der Waals surface area contributed by atoms with Gasteiger partial charge in [0, 0.05) is 11.6 Å². The molecule has 0 spiro atoms. The highest BCUT2D eigenvalue weighted by Gasteiger charge is 1.98. The van der Waals surface area contributed by atoms with E-state index < -0.39 is 0 Å². The fourth-order valence-electron chi connectivity index (χ4n) is 0.613. The van der Waals surface area contributed by atoms with Gasteiger partial charge in [0.2, 0.25) is 0 Å². The van der Waals surface area contributed by atoms with Gasteiger partial charge in [0.15, 0.2) is 0 Å². The lowest BCUT2D eigenvalue weighted by atomic mass is 10.5. The highest BCUT2D eigenvalue weighted by molar-refractivity contribution is 7.80. The second-order valence-electron chi connectivity index (χ2n) is 2.20. The third-order valence-electron chi connectivity index (χ3n) is 1.12. The smallest absolute Gasteiger partial charge is 0.139 e. The van der Waals surface area contributed by atoms with E-state index >= 15 is 0 Å². The van der Waals surface area contributed by atoms with E-state index in [4.69, 9.17) is 12.2 Å². The predicted molar refractivity (Wildman–Crippen MR) is 55.7 cm³/mol. The number of hydrogen-bond acceptors (Lipinski definition) is 4. The molecule has 0 amide bonds. The summed E-state index contributed by atoms with van der Waals surface area (Å²) in [5.74, 6) is 0. The number of aromatic nitrogens is 1. The number of hydrazone groups is 1. The monoisotopic (exact) mass is 199 g/mol. The first kappa shape index (κ1) is 9.28. The van der Waals surface area contributed by atoms with Gasteiger partial charge in [0.1, 0.15) is 5.01 Å². The van der Waals surface area contributed by atoms with Gasteiger partial charge in [0.25, 0.3) is 0 Å². The SMILES string of the molecule is CC(=S)N/N=C(\C)c1nccs1. The van der Waals surface area contributed by atoms with Gasteiger partial charge in [-0.3, -0.25) is 5.43 Å². The van der Waals surface area contributed by atoms with Crippen molar-refractivity contribution in [2.75, 3.05) is 0 Å². The van der Waals surface area contributed by atoms with E-state index in [1.165, 1.54) is 0 Å². The van der Waals surface area contributed by atoms with E-state index in [1.807, 2.05) is 12.3 Å². The Morgan fingerprint density at radius 2 is 2.42 bits per heavy atom. The first-order chi connectivity index (χ1) is 5.70. The minimum atomic E-state index is 0.658. The van der Waals surface area contributed by atoms with E-state index in [0.29, 0.717) is 4.99 Å². The van der Waals surface area contributed by atoms with Gasteiger partial charge in [0.05, 0.1) is 10.7 Å². The van der Waals surface area contributed by atoms with E-state index in [9.17, 15) is 0 Å². The van der Waals surface area contributed by atoms with E-state index in [2.05, 4.69) is 15.5 Å². The van der Waals surface area contributed by atoms with Crippen molar-refractivity contribution in [1.82, 2.24) is 10.4 Å². The summed E-state index contributed by atoms with van der Waals surface area (Å²) in [7, 11) is 0. The van der Waals surface area contributed by atoms with Gasteiger partial charge in [-0.15, -0.1) is 11.3 Å². The highest BCUT2D eigenvalue weighted by atomic mass is 32.1. The number of nitrogens with one attached hydrogen (secondary N) is 1. The molecule has 1 aromatic heterocycles. The maximum atomic E-state index is 4.81. The van der Waals surface area contributed by atoms with Gasteiger partial charge in [-0.1, -0.05) is 12.2 Å². The van der Waals surface area contributed by atoms with Crippen molar-refractivity contribution in [2.45, 2.75) is 13.8 Å². The van der Waals surface area contributed by atoms with Crippen LogP contribution in [-0.2, 0) is 0 Å². The highest BCUT2D eigenvalue weighted by Crippen LogP contribution is 2.04. The van der Waals surface area contributed by atoms with E-state index in [-0.39, 0.29) is 0 Å². The number of hydrogen-bond donors (Lipinski definition) is 1. The molecule has 12 heavy (non-hydrogen) atoms. The number of thiazole rings is 1. The van der Waals surface area contributed by atoms with Gasteiger partial charge >= 0.3 is 0 Å². The molecule has 1 aromatic rings. The average molecular weight is 199 g/mol. The second-order valence-corrected chi connectivity index (χ2v) is 3.71. The maximum Gasteiger partial charge on any atom is 0.139 e. The van der Waals surface area contributed by atoms with Crippen LogP contribution in [-0.4, -0.2) is 15.7 Å². The fourth-order valence-corrected chi connectivity index (χ4v) is 1.25. The zero-order valence-electron chi connectivity index (χ0n) is 6.87. The van der Waals surface area contributed by atoms with Gasteiger partial charge in [-0.25, -0.2) is 4.98 Å². The Hall–Kier alpha value is -0.810. The molecule has 0 fully saturated rings. The number of thiocarbonyl (C=S) groups is 1. The van der Waals surface area contributed by atoms with E-state index in [1.54, 1.807) is 24.5 Å². The largest absolute Gasteiger partial charge is 0.272 e. The van der Waals surface area contributed by atoms with Crippen molar-refractivity contribution in [3.05, 3.63) is 16.6 Å². The zero-order valence-corrected chi connectivity index (χ0v) is 8.50. The van der Waals surface area contributed by atoms with Crippen LogP contribution in [0.25, 0.3) is 0 Å². The lowest BCUT2D eigenvalue weighted by Crippen LogP contribution is -2.13. The summed E-state index contributed by atoms with van der Waals surface area (Å²) in [6.45, 7) is 3.68. The van der Waals surface area contributed by atoms with Gasteiger partial charge < -0.3 is 0 Å². The molecule has 0 aliphatic heterocycles. The van der Waals surface area contributed by atoms with Crippen LogP contribution in [0.3, 0.4) is 0 Å². The number of rotatable bonds is 2. The molecule has 0 saturated heterocycles. The molecular formula is C7H9N3S2. The first-order valence-electron chi connectivity index (χ1n) is 3.41. The molecule has 1 heterocycles. The van der Waals surface area contributed by atoms with Crippen LogP contribution in [0.2, 0.25) is 0 Å². The van der Waals surface area contributed by atoms with Crippen LogP contribution >= 0.6 is 23.6 Å². The van der Waals surface area contributed by atoms with Gasteiger partial charge in [-0.05, 0) is 13.8 Å². The second kappa shape index (κ2) is 4.27. The van der Waals surface area contributed by atoms with Crippen LogP contribution in [0.15, 0.2) is 16.7 Å². The Balaban J connectivity index is 2.65. The van der Waals surface area contributed by atoms with Crippen molar-refractivity contribution in [1.29, 1.82) is 0 Å². The minimum absolute atomic E-state index is 0.658. The van der Waals surface area contributed by atoms with Crippen molar-refractivity contribution in [3.63, 3.8) is 0 Å². The summed E-state index contributed by atoms with van der Waals surface area (Å²) < 4.78 is 0. The number of nitrogens with zero attached hydrogens (tertiary/aromatic N) is 2. The topological polar surface area (TPSA) is 37.3 Å². The molecule has 1 N–H and O–H groups in total. The molecule has 0 radical (unpaired) electrons. The summed E-state index contributed by atoms with van der Waals surface area (Å²) >= 11 is 6.37. The van der Waals surface area contributed by atoms with Crippen LogP contribution < -0.4 is 5.43 Å². The molecule has 3 nitrogen and oxygen atoms in total. The molecule has 5 heteroatoms. The predicted octanol–water partition coefficient (Wildman–Crippen LogP) is 1.80. The minimum Gasteiger partial charge on any atom is -0.272 e. The average Bonchev–Trinajstić information content (AvgIpc) is 2.51. The zero-order chi connectivity index (χ0) is 8.97.